The molecule has 2 aliphatic rings. The van der Waals surface area contributed by atoms with Crippen molar-refractivity contribution in [1.82, 2.24) is 4.90 Å². The summed E-state index contributed by atoms with van der Waals surface area (Å²) in [6.07, 6.45) is 0. The zero-order valence-electron chi connectivity index (χ0n) is 15.8. The molecule has 0 aliphatic carbocycles. The number of hydrogen-bond acceptors (Lipinski definition) is 4. The van der Waals surface area contributed by atoms with E-state index in [9.17, 15) is 14.7 Å². The molecule has 0 aromatic heterocycles. The number of halogens is 1. The van der Waals surface area contributed by atoms with Crippen LogP contribution in [0.25, 0.3) is 0 Å². The SMILES string of the molecule is O=C1COc2ccc(C3(O)c4ccccc4C(=O)N3Cc3cccc(I)c3)cc2N1. The highest BCUT2D eigenvalue weighted by atomic mass is 127. The molecule has 3 aromatic rings. The van der Waals surface area contributed by atoms with Crippen molar-refractivity contribution in [3.05, 3.63) is 92.6 Å². The van der Waals surface area contributed by atoms with Crippen molar-refractivity contribution in [3.63, 3.8) is 0 Å². The van der Waals surface area contributed by atoms with E-state index in [0.29, 0.717) is 28.1 Å². The smallest absolute Gasteiger partial charge is 0.262 e. The second-order valence-electron chi connectivity index (χ2n) is 7.29. The molecule has 0 saturated heterocycles. The van der Waals surface area contributed by atoms with Crippen LogP contribution in [0.15, 0.2) is 66.7 Å². The molecule has 1 unspecified atom stereocenters. The van der Waals surface area contributed by atoms with Gasteiger partial charge in [-0.2, -0.15) is 0 Å². The molecule has 5 rings (SSSR count). The maximum absolute atomic E-state index is 13.3. The fourth-order valence-corrected chi connectivity index (χ4v) is 4.63. The van der Waals surface area contributed by atoms with E-state index >= 15 is 0 Å². The fourth-order valence-electron chi connectivity index (χ4n) is 4.03. The van der Waals surface area contributed by atoms with Crippen LogP contribution in [0, 0.1) is 3.57 Å². The maximum atomic E-state index is 13.3. The first kappa shape index (κ1) is 19.1. The largest absolute Gasteiger partial charge is 0.482 e. The van der Waals surface area contributed by atoms with Crippen LogP contribution in [-0.4, -0.2) is 28.4 Å². The minimum Gasteiger partial charge on any atom is -0.482 e. The lowest BCUT2D eigenvalue weighted by molar-refractivity contribution is -0.118. The van der Waals surface area contributed by atoms with Gasteiger partial charge in [-0.1, -0.05) is 36.4 Å². The van der Waals surface area contributed by atoms with Crippen molar-refractivity contribution in [1.29, 1.82) is 0 Å². The van der Waals surface area contributed by atoms with Crippen LogP contribution in [0.2, 0.25) is 0 Å². The summed E-state index contributed by atoms with van der Waals surface area (Å²) in [7, 11) is 0. The molecule has 0 fully saturated rings. The van der Waals surface area contributed by atoms with Gasteiger partial charge in [-0.05, 0) is 58.5 Å². The second-order valence-corrected chi connectivity index (χ2v) is 8.53. The van der Waals surface area contributed by atoms with Crippen LogP contribution in [0.3, 0.4) is 0 Å². The van der Waals surface area contributed by atoms with Gasteiger partial charge in [0.05, 0.1) is 5.69 Å². The van der Waals surface area contributed by atoms with Gasteiger partial charge in [0.2, 0.25) is 0 Å². The van der Waals surface area contributed by atoms with E-state index in [-0.39, 0.29) is 25.0 Å². The van der Waals surface area contributed by atoms with Gasteiger partial charge in [0.1, 0.15) is 5.75 Å². The van der Waals surface area contributed by atoms with Gasteiger partial charge >= 0.3 is 0 Å². The van der Waals surface area contributed by atoms with E-state index in [2.05, 4.69) is 27.9 Å². The third-order valence-corrected chi connectivity index (χ3v) is 6.08. The molecule has 7 heteroatoms. The molecule has 2 aliphatic heterocycles. The Morgan fingerprint density at radius 1 is 1.07 bits per heavy atom. The number of ether oxygens (including phenoxy) is 1. The number of hydrogen-bond donors (Lipinski definition) is 2. The second kappa shape index (κ2) is 7.10. The predicted octanol–water partition coefficient (Wildman–Crippen LogP) is 3.47. The Labute approximate surface area is 186 Å². The summed E-state index contributed by atoms with van der Waals surface area (Å²) in [5.41, 5.74) is 1.18. The van der Waals surface area contributed by atoms with E-state index in [1.807, 2.05) is 24.3 Å². The number of carbonyl (C=O) groups excluding carboxylic acids is 2. The van der Waals surface area contributed by atoms with Crippen LogP contribution in [0.4, 0.5) is 5.69 Å². The molecule has 150 valence electrons. The van der Waals surface area contributed by atoms with Crippen molar-refractivity contribution >= 4 is 40.1 Å². The van der Waals surface area contributed by atoms with Gasteiger partial charge in [-0.15, -0.1) is 0 Å². The van der Waals surface area contributed by atoms with E-state index in [4.69, 9.17) is 4.74 Å². The lowest BCUT2D eigenvalue weighted by Crippen LogP contribution is -2.44. The molecule has 2 amide bonds. The number of fused-ring (bicyclic) bond motifs is 2. The number of anilines is 1. The normalized spacial score (nSPS) is 19.7. The average Bonchev–Trinajstić information content (AvgIpc) is 2.96. The number of amides is 2. The Morgan fingerprint density at radius 2 is 1.90 bits per heavy atom. The van der Waals surface area contributed by atoms with Gasteiger partial charge < -0.3 is 15.2 Å². The topological polar surface area (TPSA) is 78.9 Å². The molecular formula is C23H17IN2O4. The minimum atomic E-state index is -1.67. The third-order valence-electron chi connectivity index (χ3n) is 5.41. The molecule has 3 aromatic carbocycles. The molecule has 30 heavy (non-hydrogen) atoms. The van der Waals surface area contributed by atoms with Crippen LogP contribution in [0.5, 0.6) is 5.75 Å². The molecule has 2 heterocycles. The Balaban J connectivity index is 1.65. The van der Waals surface area contributed by atoms with Crippen molar-refractivity contribution < 1.29 is 19.4 Å². The zero-order valence-corrected chi connectivity index (χ0v) is 17.9. The minimum absolute atomic E-state index is 0.0449. The highest BCUT2D eigenvalue weighted by molar-refractivity contribution is 14.1. The van der Waals surface area contributed by atoms with Crippen LogP contribution in [-0.2, 0) is 17.1 Å². The van der Waals surface area contributed by atoms with Crippen LogP contribution >= 0.6 is 22.6 Å². The average molecular weight is 512 g/mol. The van der Waals surface area contributed by atoms with Gasteiger partial charge in [0.15, 0.2) is 12.3 Å². The maximum Gasteiger partial charge on any atom is 0.262 e. The molecule has 0 spiro atoms. The number of aliphatic hydroxyl groups is 1. The lowest BCUT2D eigenvalue weighted by atomic mass is 9.93. The number of benzene rings is 3. The van der Waals surface area contributed by atoms with Gasteiger partial charge in [0.25, 0.3) is 11.8 Å². The summed E-state index contributed by atoms with van der Waals surface area (Å²) in [5, 5.41) is 14.8. The number of nitrogens with one attached hydrogen (secondary N) is 1. The fraction of sp³-hybridized carbons (Fsp3) is 0.130. The van der Waals surface area contributed by atoms with E-state index < -0.39 is 5.72 Å². The highest BCUT2D eigenvalue weighted by Crippen LogP contribution is 2.45. The summed E-state index contributed by atoms with van der Waals surface area (Å²) in [6.45, 7) is 0.192. The van der Waals surface area contributed by atoms with Crippen LogP contribution in [0.1, 0.15) is 27.0 Å². The first-order valence-corrected chi connectivity index (χ1v) is 10.5. The highest BCUT2D eigenvalue weighted by Gasteiger charge is 2.50. The quantitative estimate of drug-likeness (QED) is 0.527. The zero-order chi connectivity index (χ0) is 20.9. The van der Waals surface area contributed by atoms with E-state index in [0.717, 1.165) is 9.13 Å². The first-order valence-electron chi connectivity index (χ1n) is 9.42. The molecule has 0 bridgehead atoms. The van der Waals surface area contributed by atoms with E-state index in [1.54, 1.807) is 42.5 Å². The molecule has 2 N–H and O–H groups in total. The molecule has 1 atom stereocenters. The summed E-state index contributed by atoms with van der Waals surface area (Å²) in [4.78, 5) is 26.5. The van der Waals surface area contributed by atoms with Gasteiger partial charge in [-0.25, -0.2) is 0 Å². The lowest BCUT2D eigenvalue weighted by Gasteiger charge is -2.35. The first-order chi connectivity index (χ1) is 14.5. The number of carbonyl (C=O) groups is 2. The summed E-state index contributed by atoms with van der Waals surface area (Å²) < 4.78 is 6.49. The van der Waals surface area contributed by atoms with Crippen LogP contribution < -0.4 is 10.1 Å². The monoisotopic (exact) mass is 512 g/mol. The molecule has 0 saturated carbocycles. The Kier molecular flexibility index (Phi) is 4.52. The van der Waals surface area contributed by atoms with Crippen molar-refractivity contribution in [2.24, 2.45) is 0 Å². The Bertz CT molecular complexity index is 1200. The molecule has 0 radical (unpaired) electrons. The third kappa shape index (κ3) is 2.96. The van der Waals surface area contributed by atoms with Crippen molar-refractivity contribution in [3.8, 4) is 5.75 Å². The Morgan fingerprint density at radius 3 is 2.73 bits per heavy atom. The van der Waals surface area contributed by atoms with Crippen molar-refractivity contribution in [2.75, 3.05) is 11.9 Å². The standard InChI is InChI=1S/C23H17IN2O4/c24-16-5-3-4-14(10-16)12-26-22(28)17-6-1-2-7-18(17)23(26,29)15-8-9-20-19(11-15)25-21(27)13-30-20/h1-11,29H,12-13H2,(H,25,27). The summed E-state index contributed by atoms with van der Waals surface area (Å²) in [5.74, 6) is 0.0268. The number of rotatable bonds is 3. The van der Waals surface area contributed by atoms with Gasteiger partial charge in [-0.3, -0.25) is 14.5 Å². The molecule has 6 nitrogen and oxygen atoms in total. The summed E-state index contributed by atoms with van der Waals surface area (Å²) in [6, 6.07) is 20.0. The molecular weight excluding hydrogens is 495 g/mol. The van der Waals surface area contributed by atoms with Gasteiger partial charge in [0, 0.05) is 26.8 Å². The summed E-state index contributed by atoms with van der Waals surface area (Å²) >= 11 is 2.22. The number of nitrogens with zero attached hydrogens (tertiary/aromatic N) is 1. The van der Waals surface area contributed by atoms with Crippen molar-refractivity contribution in [2.45, 2.75) is 12.3 Å². The predicted molar refractivity (Wildman–Crippen MR) is 119 cm³/mol. The van der Waals surface area contributed by atoms with E-state index in [1.165, 1.54) is 4.90 Å². The Hall–Kier alpha value is -2.91.